The number of hydrogen-bond acceptors (Lipinski definition) is 4. The first-order chi connectivity index (χ1) is 9.97. The minimum Gasteiger partial charge on any atom is -0.363 e. The van der Waals surface area contributed by atoms with Gasteiger partial charge < -0.3 is 9.80 Å². The number of aromatic nitrogens is 3. The molecule has 0 aliphatic heterocycles. The van der Waals surface area contributed by atoms with Gasteiger partial charge in [0.2, 0.25) is 0 Å². The third-order valence-corrected chi connectivity index (χ3v) is 3.74. The van der Waals surface area contributed by atoms with Crippen LogP contribution in [0.2, 0.25) is 0 Å². The standard InChI is InChI=1S/C16H25N5/c1-12-15(13(2)19-18-12)8-9-21(5)11-14-6-7-16(17-10-14)20(3)4/h6-7,10H,8-9,11H2,1-5H3,(H,18,19). The highest BCUT2D eigenvalue weighted by atomic mass is 15.1. The van der Waals surface area contributed by atoms with Crippen molar-refractivity contribution >= 4 is 5.82 Å². The molecule has 0 fully saturated rings. The molecule has 2 aromatic heterocycles. The van der Waals surface area contributed by atoms with Gasteiger partial charge in [-0.3, -0.25) is 5.10 Å². The summed E-state index contributed by atoms with van der Waals surface area (Å²) in [5, 5.41) is 7.29. The van der Waals surface area contributed by atoms with E-state index in [2.05, 4.69) is 53.1 Å². The van der Waals surface area contributed by atoms with Crippen molar-refractivity contribution in [2.75, 3.05) is 32.6 Å². The van der Waals surface area contributed by atoms with E-state index in [9.17, 15) is 0 Å². The van der Waals surface area contributed by atoms with Crippen LogP contribution in [0.15, 0.2) is 18.3 Å². The smallest absolute Gasteiger partial charge is 0.127 e. The second-order valence-corrected chi connectivity index (χ2v) is 5.82. The van der Waals surface area contributed by atoms with E-state index < -0.39 is 0 Å². The fourth-order valence-corrected chi connectivity index (χ4v) is 2.41. The van der Waals surface area contributed by atoms with Crippen LogP contribution in [0.4, 0.5) is 5.82 Å². The molecule has 0 aliphatic carbocycles. The molecule has 0 atom stereocenters. The van der Waals surface area contributed by atoms with Crippen LogP contribution in [0.5, 0.6) is 0 Å². The average Bonchev–Trinajstić information content (AvgIpc) is 2.76. The molecular weight excluding hydrogens is 262 g/mol. The lowest BCUT2D eigenvalue weighted by atomic mass is 10.1. The molecule has 0 unspecified atom stereocenters. The molecule has 2 rings (SSSR count). The number of anilines is 1. The predicted octanol–water partition coefficient (Wildman–Crippen LogP) is 2.16. The molecule has 0 spiro atoms. The Bertz CT molecular complexity index is 551. The minimum atomic E-state index is 0.913. The number of aryl methyl sites for hydroxylation is 2. The Kier molecular flexibility index (Phi) is 4.96. The maximum Gasteiger partial charge on any atom is 0.127 e. The molecule has 21 heavy (non-hydrogen) atoms. The Hall–Kier alpha value is -1.88. The van der Waals surface area contributed by atoms with Crippen molar-refractivity contribution in [2.24, 2.45) is 0 Å². The fourth-order valence-electron chi connectivity index (χ4n) is 2.41. The lowest BCUT2D eigenvalue weighted by molar-refractivity contribution is 0.330. The van der Waals surface area contributed by atoms with Gasteiger partial charge in [0.25, 0.3) is 0 Å². The number of nitrogens with zero attached hydrogens (tertiary/aromatic N) is 4. The van der Waals surface area contributed by atoms with Gasteiger partial charge in [-0.1, -0.05) is 6.07 Å². The van der Waals surface area contributed by atoms with Gasteiger partial charge >= 0.3 is 0 Å². The van der Waals surface area contributed by atoms with Crippen LogP contribution < -0.4 is 4.90 Å². The zero-order valence-electron chi connectivity index (χ0n) is 13.6. The Morgan fingerprint density at radius 3 is 2.43 bits per heavy atom. The largest absolute Gasteiger partial charge is 0.363 e. The maximum atomic E-state index is 4.45. The number of pyridine rings is 1. The Labute approximate surface area is 127 Å². The number of nitrogens with one attached hydrogen (secondary N) is 1. The zero-order valence-corrected chi connectivity index (χ0v) is 13.6. The van der Waals surface area contributed by atoms with Crippen molar-refractivity contribution < 1.29 is 0 Å². The summed E-state index contributed by atoms with van der Waals surface area (Å²) in [4.78, 5) is 8.78. The molecule has 0 radical (unpaired) electrons. The molecule has 0 bridgehead atoms. The lowest BCUT2D eigenvalue weighted by Crippen LogP contribution is -2.21. The first kappa shape index (κ1) is 15.5. The van der Waals surface area contributed by atoms with E-state index in [1.165, 1.54) is 16.8 Å². The normalized spacial score (nSPS) is 11.1. The van der Waals surface area contributed by atoms with E-state index in [0.717, 1.165) is 31.0 Å². The second kappa shape index (κ2) is 6.72. The molecule has 1 N–H and O–H groups in total. The first-order valence-corrected chi connectivity index (χ1v) is 7.28. The lowest BCUT2D eigenvalue weighted by Gasteiger charge is -2.17. The van der Waals surface area contributed by atoms with Gasteiger partial charge in [0.1, 0.15) is 5.82 Å². The van der Waals surface area contributed by atoms with Gasteiger partial charge in [-0.2, -0.15) is 5.10 Å². The second-order valence-electron chi connectivity index (χ2n) is 5.82. The van der Waals surface area contributed by atoms with Gasteiger partial charge in [-0.25, -0.2) is 4.98 Å². The highest BCUT2D eigenvalue weighted by Gasteiger charge is 2.08. The van der Waals surface area contributed by atoms with Crippen molar-refractivity contribution in [1.82, 2.24) is 20.1 Å². The summed E-state index contributed by atoms with van der Waals surface area (Å²) in [6.07, 6.45) is 2.98. The van der Waals surface area contributed by atoms with E-state index in [1.807, 2.05) is 25.2 Å². The molecule has 5 nitrogen and oxygen atoms in total. The highest BCUT2D eigenvalue weighted by Crippen LogP contribution is 2.12. The van der Waals surface area contributed by atoms with Gasteiger partial charge in [0, 0.05) is 39.1 Å². The summed E-state index contributed by atoms with van der Waals surface area (Å²) >= 11 is 0. The van der Waals surface area contributed by atoms with Crippen molar-refractivity contribution in [3.63, 3.8) is 0 Å². The van der Waals surface area contributed by atoms with Crippen LogP contribution in [0.1, 0.15) is 22.5 Å². The summed E-state index contributed by atoms with van der Waals surface area (Å²) in [5.74, 6) is 0.992. The molecule has 2 heterocycles. The first-order valence-electron chi connectivity index (χ1n) is 7.28. The van der Waals surface area contributed by atoms with Crippen molar-refractivity contribution in [3.05, 3.63) is 40.8 Å². The van der Waals surface area contributed by atoms with Crippen LogP contribution >= 0.6 is 0 Å². The fraction of sp³-hybridized carbons (Fsp3) is 0.500. The number of aromatic amines is 1. The summed E-state index contributed by atoms with van der Waals surface area (Å²) in [6.45, 7) is 6.06. The van der Waals surface area contributed by atoms with E-state index in [0.29, 0.717) is 0 Å². The van der Waals surface area contributed by atoms with E-state index in [-0.39, 0.29) is 0 Å². The van der Waals surface area contributed by atoms with Crippen LogP contribution in [0.3, 0.4) is 0 Å². The van der Waals surface area contributed by atoms with Crippen LogP contribution in [0.25, 0.3) is 0 Å². The Morgan fingerprint density at radius 2 is 1.90 bits per heavy atom. The average molecular weight is 287 g/mol. The molecule has 0 saturated heterocycles. The van der Waals surface area contributed by atoms with Crippen molar-refractivity contribution in [2.45, 2.75) is 26.8 Å². The molecule has 2 aromatic rings. The molecule has 0 saturated carbocycles. The number of hydrogen-bond donors (Lipinski definition) is 1. The third-order valence-electron chi connectivity index (χ3n) is 3.74. The third kappa shape index (κ3) is 4.04. The Morgan fingerprint density at radius 1 is 1.14 bits per heavy atom. The van der Waals surface area contributed by atoms with E-state index in [4.69, 9.17) is 0 Å². The summed E-state index contributed by atoms with van der Waals surface area (Å²) in [5.41, 5.74) is 4.86. The highest BCUT2D eigenvalue weighted by molar-refractivity contribution is 5.37. The monoisotopic (exact) mass is 287 g/mol. The molecule has 0 aliphatic rings. The zero-order chi connectivity index (χ0) is 15.4. The van der Waals surface area contributed by atoms with Crippen LogP contribution in [0, 0.1) is 13.8 Å². The van der Waals surface area contributed by atoms with Crippen LogP contribution in [-0.4, -0.2) is 47.8 Å². The van der Waals surface area contributed by atoms with Crippen LogP contribution in [-0.2, 0) is 13.0 Å². The quantitative estimate of drug-likeness (QED) is 0.884. The number of likely N-dealkylation sites (N-methyl/N-ethyl adjacent to an activating group) is 1. The summed E-state index contributed by atoms with van der Waals surface area (Å²) in [7, 11) is 6.15. The summed E-state index contributed by atoms with van der Waals surface area (Å²) in [6, 6.07) is 4.21. The number of H-pyrrole nitrogens is 1. The SMILES string of the molecule is Cc1n[nH]c(C)c1CCN(C)Cc1ccc(N(C)C)nc1. The Balaban J connectivity index is 1.88. The molecule has 5 heteroatoms. The molecule has 0 amide bonds. The minimum absolute atomic E-state index is 0.913. The number of rotatable bonds is 6. The van der Waals surface area contributed by atoms with Gasteiger partial charge in [-0.05, 0) is 44.5 Å². The van der Waals surface area contributed by atoms with Crippen molar-refractivity contribution in [1.29, 1.82) is 0 Å². The van der Waals surface area contributed by atoms with Crippen molar-refractivity contribution in [3.8, 4) is 0 Å². The molecule has 114 valence electrons. The maximum absolute atomic E-state index is 4.45. The van der Waals surface area contributed by atoms with Gasteiger partial charge in [0.15, 0.2) is 0 Å². The van der Waals surface area contributed by atoms with E-state index in [1.54, 1.807) is 0 Å². The predicted molar refractivity (Wildman–Crippen MR) is 86.7 cm³/mol. The topological polar surface area (TPSA) is 48.1 Å². The summed E-state index contributed by atoms with van der Waals surface area (Å²) < 4.78 is 0. The molecular formula is C16H25N5. The molecule has 0 aromatic carbocycles. The van der Waals surface area contributed by atoms with Gasteiger partial charge in [0.05, 0.1) is 5.69 Å². The van der Waals surface area contributed by atoms with E-state index >= 15 is 0 Å². The van der Waals surface area contributed by atoms with Gasteiger partial charge in [-0.15, -0.1) is 0 Å².